The Balaban J connectivity index is 2.12. The first-order chi connectivity index (χ1) is 7.63. The van der Waals surface area contributed by atoms with Crippen molar-refractivity contribution in [3.8, 4) is 0 Å². The zero-order valence-corrected chi connectivity index (χ0v) is 9.98. The van der Waals surface area contributed by atoms with Crippen molar-refractivity contribution in [3.05, 3.63) is 11.6 Å². The molecule has 1 unspecified atom stereocenters. The summed E-state index contributed by atoms with van der Waals surface area (Å²) < 4.78 is 5.42. The van der Waals surface area contributed by atoms with E-state index in [-0.39, 0.29) is 24.6 Å². The lowest BCUT2D eigenvalue weighted by atomic mass is 9.87. The lowest BCUT2D eigenvalue weighted by Crippen LogP contribution is -2.19. The molecule has 1 aliphatic heterocycles. The van der Waals surface area contributed by atoms with Gasteiger partial charge in [-0.1, -0.05) is 25.5 Å². The minimum atomic E-state index is -0.0405. The highest BCUT2D eigenvalue weighted by Crippen LogP contribution is 2.39. The number of hydrogen-bond acceptors (Lipinski definition) is 3. The van der Waals surface area contributed by atoms with Gasteiger partial charge in [0.2, 0.25) is 0 Å². The molecule has 0 bridgehead atoms. The molecule has 2 rings (SSSR count). The predicted molar refractivity (Wildman–Crippen MR) is 60.7 cm³/mol. The van der Waals surface area contributed by atoms with Crippen LogP contribution in [0.25, 0.3) is 0 Å². The van der Waals surface area contributed by atoms with E-state index in [1.165, 1.54) is 5.57 Å². The minimum absolute atomic E-state index is 0.0296. The average molecular weight is 224 g/mol. The van der Waals surface area contributed by atoms with Gasteiger partial charge in [0.1, 0.15) is 6.10 Å². The lowest BCUT2D eigenvalue weighted by molar-refractivity contribution is -0.144. The number of aliphatic hydroxyl groups excluding tert-OH is 1. The average Bonchev–Trinajstić information content (AvgIpc) is 2.42. The van der Waals surface area contributed by atoms with Crippen LogP contribution in [0.5, 0.6) is 0 Å². The van der Waals surface area contributed by atoms with Crippen LogP contribution in [-0.4, -0.2) is 23.8 Å². The minimum Gasteiger partial charge on any atom is -0.462 e. The summed E-state index contributed by atoms with van der Waals surface area (Å²) in [6.07, 6.45) is 4.88. The van der Waals surface area contributed by atoms with Crippen molar-refractivity contribution in [2.75, 3.05) is 6.61 Å². The van der Waals surface area contributed by atoms with Crippen LogP contribution in [-0.2, 0) is 9.53 Å². The molecule has 90 valence electrons. The topological polar surface area (TPSA) is 46.5 Å². The molecule has 0 spiro atoms. The fraction of sp³-hybridized carbons (Fsp3) is 0.769. The number of carbonyl (C=O) groups is 1. The Morgan fingerprint density at radius 1 is 1.50 bits per heavy atom. The highest BCUT2D eigenvalue weighted by Gasteiger charge is 2.42. The molecule has 0 aromatic heterocycles. The van der Waals surface area contributed by atoms with Crippen LogP contribution in [0.3, 0.4) is 0 Å². The Morgan fingerprint density at radius 2 is 2.25 bits per heavy atom. The van der Waals surface area contributed by atoms with E-state index >= 15 is 0 Å². The van der Waals surface area contributed by atoms with Crippen molar-refractivity contribution in [2.45, 2.75) is 39.2 Å². The first kappa shape index (κ1) is 11.6. The summed E-state index contributed by atoms with van der Waals surface area (Å²) in [4.78, 5) is 11.5. The maximum Gasteiger partial charge on any atom is 0.309 e. The second-order valence-corrected chi connectivity index (χ2v) is 5.05. The van der Waals surface area contributed by atoms with Crippen molar-refractivity contribution in [3.63, 3.8) is 0 Å². The molecule has 2 aliphatic rings. The molecule has 0 saturated carbocycles. The fourth-order valence-electron chi connectivity index (χ4n) is 2.89. The van der Waals surface area contributed by atoms with E-state index in [9.17, 15) is 4.79 Å². The molecule has 3 nitrogen and oxygen atoms in total. The molecule has 0 aromatic carbocycles. The van der Waals surface area contributed by atoms with E-state index < -0.39 is 0 Å². The molecule has 0 radical (unpaired) electrons. The van der Waals surface area contributed by atoms with Crippen molar-refractivity contribution in [1.82, 2.24) is 0 Å². The number of aliphatic hydroxyl groups is 1. The molecule has 4 atom stereocenters. The monoisotopic (exact) mass is 224 g/mol. The fourth-order valence-corrected chi connectivity index (χ4v) is 2.89. The van der Waals surface area contributed by atoms with Crippen LogP contribution in [0, 0.1) is 17.8 Å². The maximum absolute atomic E-state index is 11.5. The lowest BCUT2D eigenvalue weighted by Gasteiger charge is -2.18. The summed E-state index contributed by atoms with van der Waals surface area (Å²) in [5.41, 5.74) is 1.32. The molecular formula is C13H20O3. The second-order valence-electron chi connectivity index (χ2n) is 5.05. The van der Waals surface area contributed by atoms with Crippen LogP contribution in [0.15, 0.2) is 11.6 Å². The number of rotatable bonds is 2. The third-order valence-electron chi connectivity index (χ3n) is 4.03. The zero-order chi connectivity index (χ0) is 11.7. The molecule has 0 amide bonds. The summed E-state index contributed by atoms with van der Waals surface area (Å²) >= 11 is 0. The van der Waals surface area contributed by atoms with Crippen molar-refractivity contribution in [1.29, 1.82) is 0 Å². The second kappa shape index (κ2) is 4.58. The zero-order valence-electron chi connectivity index (χ0n) is 9.98. The molecule has 16 heavy (non-hydrogen) atoms. The maximum atomic E-state index is 11.5. The third-order valence-corrected chi connectivity index (χ3v) is 4.03. The standard InChI is InChI=1S/C13H20O3/c1-8-7-12-11(9(2)13(15)16-12)4-3-10(8)5-6-14/h3,8-9,11-12,14H,4-7H2,1-2H3/t8-,9?,11+,12+/m0/s1. The Kier molecular flexibility index (Phi) is 3.33. The van der Waals surface area contributed by atoms with E-state index in [0.717, 1.165) is 19.3 Å². The number of allylic oxidation sites excluding steroid dienone is 1. The molecule has 1 heterocycles. The van der Waals surface area contributed by atoms with Gasteiger partial charge in [0.15, 0.2) is 0 Å². The molecule has 1 aliphatic carbocycles. The van der Waals surface area contributed by atoms with Crippen molar-refractivity contribution in [2.24, 2.45) is 17.8 Å². The van der Waals surface area contributed by atoms with Gasteiger partial charge in [-0.3, -0.25) is 4.79 Å². The number of carbonyl (C=O) groups excluding carboxylic acids is 1. The van der Waals surface area contributed by atoms with Crippen molar-refractivity contribution >= 4 is 5.97 Å². The van der Waals surface area contributed by atoms with Gasteiger partial charge in [-0.25, -0.2) is 0 Å². The van der Waals surface area contributed by atoms with Gasteiger partial charge in [-0.2, -0.15) is 0 Å². The first-order valence-electron chi connectivity index (χ1n) is 6.13. The Hall–Kier alpha value is -0.830. The summed E-state index contributed by atoms with van der Waals surface area (Å²) in [6, 6.07) is 0. The predicted octanol–water partition coefficient (Wildman–Crippen LogP) is 1.90. The molecule has 1 saturated heterocycles. The van der Waals surface area contributed by atoms with Gasteiger partial charge in [0.05, 0.1) is 5.92 Å². The Labute approximate surface area is 96.5 Å². The number of hydrogen-bond donors (Lipinski definition) is 1. The van der Waals surface area contributed by atoms with E-state index in [1.807, 2.05) is 6.92 Å². The van der Waals surface area contributed by atoms with Gasteiger partial charge in [-0.05, 0) is 25.2 Å². The van der Waals surface area contributed by atoms with E-state index in [0.29, 0.717) is 11.8 Å². The molecule has 1 N–H and O–H groups in total. The van der Waals surface area contributed by atoms with Crippen LogP contribution in [0.4, 0.5) is 0 Å². The highest BCUT2D eigenvalue weighted by atomic mass is 16.6. The smallest absolute Gasteiger partial charge is 0.309 e. The summed E-state index contributed by atoms with van der Waals surface area (Å²) in [6.45, 7) is 4.32. The summed E-state index contributed by atoms with van der Waals surface area (Å²) in [5, 5.41) is 9.00. The van der Waals surface area contributed by atoms with Crippen LogP contribution < -0.4 is 0 Å². The van der Waals surface area contributed by atoms with Crippen molar-refractivity contribution < 1.29 is 14.6 Å². The van der Waals surface area contributed by atoms with Crippen LogP contribution in [0.2, 0.25) is 0 Å². The molecular weight excluding hydrogens is 204 g/mol. The van der Waals surface area contributed by atoms with Gasteiger partial charge in [0, 0.05) is 12.5 Å². The number of ether oxygens (including phenoxy) is 1. The Morgan fingerprint density at radius 3 is 2.94 bits per heavy atom. The van der Waals surface area contributed by atoms with Crippen LogP contribution in [0.1, 0.15) is 33.1 Å². The third kappa shape index (κ3) is 2.01. The Bertz CT molecular complexity index is 308. The van der Waals surface area contributed by atoms with Gasteiger partial charge in [0.25, 0.3) is 0 Å². The highest BCUT2D eigenvalue weighted by molar-refractivity contribution is 5.74. The number of fused-ring (bicyclic) bond motifs is 1. The van der Waals surface area contributed by atoms with Gasteiger partial charge < -0.3 is 9.84 Å². The number of esters is 1. The van der Waals surface area contributed by atoms with Gasteiger partial charge >= 0.3 is 5.97 Å². The SMILES string of the molecule is CC1C(=O)O[C@@H]2C[C@H](C)C(CCO)=CC[C@H]12. The van der Waals surface area contributed by atoms with E-state index in [2.05, 4.69) is 13.0 Å². The normalized spacial score (nSPS) is 38.7. The summed E-state index contributed by atoms with van der Waals surface area (Å²) in [7, 11) is 0. The molecule has 1 fully saturated rings. The van der Waals surface area contributed by atoms with E-state index in [4.69, 9.17) is 9.84 Å². The molecule has 3 heteroatoms. The van der Waals surface area contributed by atoms with Crippen LogP contribution >= 0.6 is 0 Å². The van der Waals surface area contributed by atoms with E-state index in [1.54, 1.807) is 0 Å². The largest absolute Gasteiger partial charge is 0.462 e. The summed E-state index contributed by atoms with van der Waals surface area (Å²) in [5.74, 6) is 0.745. The quantitative estimate of drug-likeness (QED) is 0.575. The first-order valence-corrected chi connectivity index (χ1v) is 6.13. The van der Waals surface area contributed by atoms with Gasteiger partial charge in [-0.15, -0.1) is 0 Å². The molecule has 0 aromatic rings.